The molecule has 0 aliphatic carbocycles. The van der Waals surface area contributed by atoms with E-state index in [0.29, 0.717) is 23.4 Å². The van der Waals surface area contributed by atoms with Crippen LogP contribution in [0.2, 0.25) is 0 Å². The number of carbonyl (C=O) groups is 2. The molecule has 0 bridgehead atoms. The number of aryl methyl sites for hydroxylation is 1. The number of nitrogens with zero attached hydrogens (tertiary/aromatic N) is 2. The molecular weight excluding hydrogens is 342 g/mol. The van der Waals surface area contributed by atoms with Gasteiger partial charge in [0.1, 0.15) is 11.5 Å². The number of aromatic nitrogens is 2. The van der Waals surface area contributed by atoms with Gasteiger partial charge in [-0.05, 0) is 31.2 Å². The lowest BCUT2D eigenvalue weighted by Gasteiger charge is -2.12. The molecule has 0 spiro atoms. The Kier molecular flexibility index (Phi) is 5.97. The zero-order valence-corrected chi connectivity index (χ0v) is 14.8. The van der Waals surface area contributed by atoms with Crippen LogP contribution < -0.4 is 10.6 Å². The Bertz CT molecular complexity index is 819. The van der Waals surface area contributed by atoms with Crippen LogP contribution in [-0.4, -0.2) is 21.8 Å². The molecule has 26 heavy (non-hydrogen) atoms. The first-order chi connectivity index (χ1) is 12.2. The quantitative estimate of drug-likeness (QED) is 0.827. The Morgan fingerprint density at radius 1 is 1.19 bits per heavy atom. The highest BCUT2D eigenvalue weighted by Gasteiger charge is 2.26. The summed E-state index contributed by atoms with van der Waals surface area (Å²) in [6, 6.07) is 7.29. The second-order valence-corrected chi connectivity index (χ2v) is 5.87. The molecule has 0 aromatic carbocycles. The van der Waals surface area contributed by atoms with E-state index in [0.717, 1.165) is 6.92 Å². The summed E-state index contributed by atoms with van der Waals surface area (Å²) in [7, 11) is 0. The van der Waals surface area contributed by atoms with Gasteiger partial charge in [-0.25, -0.2) is 9.97 Å². The molecule has 0 aliphatic heterocycles. The SMILES string of the molecule is CCC(=O)Nc1cc(C(=O)NCc2cccc(C(C)(F)F)n2)cc(C)n1. The van der Waals surface area contributed by atoms with Crippen LogP contribution in [0, 0.1) is 6.92 Å². The van der Waals surface area contributed by atoms with E-state index in [1.807, 2.05) is 0 Å². The summed E-state index contributed by atoms with van der Waals surface area (Å²) >= 11 is 0. The molecule has 0 atom stereocenters. The van der Waals surface area contributed by atoms with E-state index in [1.54, 1.807) is 26.0 Å². The molecule has 138 valence electrons. The minimum Gasteiger partial charge on any atom is -0.346 e. The second kappa shape index (κ2) is 7.99. The molecule has 2 aromatic heterocycles. The maximum Gasteiger partial charge on any atom is 0.286 e. The van der Waals surface area contributed by atoms with E-state index in [2.05, 4.69) is 20.6 Å². The summed E-state index contributed by atoms with van der Waals surface area (Å²) in [6.07, 6.45) is 0.293. The highest BCUT2D eigenvalue weighted by Crippen LogP contribution is 2.24. The van der Waals surface area contributed by atoms with Crippen molar-refractivity contribution in [3.63, 3.8) is 0 Å². The number of rotatable bonds is 6. The Morgan fingerprint density at radius 2 is 1.92 bits per heavy atom. The third-order valence-corrected chi connectivity index (χ3v) is 3.49. The first kappa shape index (κ1) is 19.4. The van der Waals surface area contributed by atoms with Crippen molar-refractivity contribution in [3.05, 3.63) is 53.0 Å². The Labute approximate surface area is 150 Å². The summed E-state index contributed by atoms with van der Waals surface area (Å²) < 4.78 is 26.7. The van der Waals surface area contributed by atoms with Gasteiger partial charge in [0.05, 0.1) is 12.2 Å². The van der Waals surface area contributed by atoms with E-state index in [-0.39, 0.29) is 24.0 Å². The number of hydrogen-bond donors (Lipinski definition) is 2. The number of amides is 2. The Hall–Kier alpha value is -2.90. The van der Waals surface area contributed by atoms with Crippen LogP contribution in [-0.2, 0) is 17.3 Å². The van der Waals surface area contributed by atoms with Crippen molar-refractivity contribution in [2.45, 2.75) is 39.7 Å². The average molecular weight is 362 g/mol. The number of hydrogen-bond acceptors (Lipinski definition) is 4. The summed E-state index contributed by atoms with van der Waals surface area (Å²) in [6.45, 7) is 4.18. The molecule has 2 amide bonds. The molecule has 0 saturated carbocycles. The topological polar surface area (TPSA) is 84.0 Å². The molecule has 2 heterocycles. The maximum absolute atomic E-state index is 13.3. The predicted octanol–water partition coefficient (Wildman–Crippen LogP) is 3.18. The van der Waals surface area contributed by atoms with Crippen LogP contribution in [0.3, 0.4) is 0 Å². The van der Waals surface area contributed by atoms with E-state index in [1.165, 1.54) is 18.2 Å². The Balaban J connectivity index is 2.10. The fourth-order valence-corrected chi connectivity index (χ4v) is 2.19. The van der Waals surface area contributed by atoms with Gasteiger partial charge in [-0.2, -0.15) is 8.78 Å². The van der Waals surface area contributed by atoms with Crippen LogP contribution in [0.1, 0.15) is 47.7 Å². The van der Waals surface area contributed by atoms with Gasteiger partial charge in [-0.1, -0.05) is 13.0 Å². The lowest BCUT2D eigenvalue weighted by atomic mass is 10.2. The Morgan fingerprint density at radius 3 is 2.58 bits per heavy atom. The normalized spacial score (nSPS) is 11.1. The zero-order chi connectivity index (χ0) is 19.3. The average Bonchev–Trinajstić information content (AvgIpc) is 2.58. The summed E-state index contributed by atoms with van der Waals surface area (Å²) in [5.74, 6) is -3.39. The minimum atomic E-state index is -3.05. The monoisotopic (exact) mass is 362 g/mol. The molecule has 0 fully saturated rings. The first-order valence-corrected chi connectivity index (χ1v) is 8.10. The van der Waals surface area contributed by atoms with E-state index in [9.17, 15) is 18.4 Å². The molecule has 6 nitrogen and oxygen atoms in total. The third kappa shape index (κ3) is 5.30. The van der Waals surface area contributed by atoms with Crippen molar-refractivity contribution < 1.29 is 18.4 Å². The standard InChI is InChI=1S/C18H20F2N4O2/c1-4-16(25)24-15-9-12(8-11(2)22-15)17(26)21-10-13-6-5-7-14(23-13)18(3,19)20/h5-9H,4,10H2,1-3H3,(H,21,26)(H,22,24,25). The zero-order valence-electron chi connectivity index (χ0n) is 14.8. The largest absolute Gasteiger partial charge is 0.346 e. The first-order valence-electron chi connectivity index (χ1n) is 8.10. The molecule has 0 saturated heterocycles. The number of nitrogens with one attached hydrogen (secondary N) is 2. The van der Waals surface area contributed by atoms with Gasteiger partial charge in [-0.15, -0.1) is 0 Å². The van der Waals surface area contributed by atoms with Crippen LogP contribution in [0.25, 0.3) is 0 Å². The molecule has 8 heteroatoms. The highest BCUT2D eigenvalue weighted by molar-refractivity contribution is 5.96. The molecule has 0 radical (unpaired) electrons. The van der Waals surface area contributed by atoms with Crippen molar-refractivity contribution in [2.75, 3.05) is 5.32 Å². The molecule has 2 N–H and O–H groups in total. The van der Waals surface area contributed by atoms with Gasteiger partial charge in [0.25, 0.3) is 11.8 Å². The van der Waals surface area contributed by atoms with Crippen molar-refractivity contribution in [2.24, 2.45) is 0 Å². The highest BCUT2D eigenvalue weighted by atomic mass is 19.3. The second-order valence-electron chi connectivity index (χ2n) is 5.87. The van der Waals surface area contributed by atoms with Gasteiger partial charge in [0.15, 0.2) is 0 Å². The van der Waals surface area contributed by atoms with E-state index in [4.69, 9.17) is 0 Å². The number of anilines is 1. The molecule has 2 rings (SSSR count). The summed E-state index contributed by atoms with van der Waals surface area (Å²) in [4.78, 5) is 31.8. The van der Waals surface area contributed by atoms with Crippen LogP contribution in [0.5, 0.6) is 0 Å². The van der Waals surface area contributed by atoms with E-state index < -0.39 is 11.8 Å². The predicted molar refractivity (Wildman–Crippen MR) is 92.9 cm³/mol. The van der Waals surface area contributed by atoms with Crippen molar-refractivity contribution in [3.8, 4) is 0 Å². The van der Waals surface area contributed by atoms with Crippen molar-refractivity contribution in [1.82, 2.24) is 15.3 Å². The number of halogens is 2. The van der Waals surface area contributed by atoms with Gasteiger partial charge in [0, 0.05) is 24.6 Å². The molecule has 0 unspecified atom stereocenters. The molecule has 2 aromatic rings. The van der Waals surface area contributed by atoms with Gasteiger partial charge in [-0.3, -0.25) is 9.59 Å². The van der Waals surface area contributed by atoms with Crippen LogP contribution in [0.4, 0.5) is 14.6 Å². The van der Waals surface area contributed by atoms with Crippen LogP contribution >= 0.6 is 0 Å². The summed E-state index contributed by atoms with van der Waals surface area (Å²) in [5.41, 5.74) is 0.840. The minimum absolute atomic E-state index is 0.000770. The number of pyridine rings is 2. The molecule has 0 aliphatic rings. The van der Waals surface area contributed by atoms with Crippen molar-refractivity contribution >= 4 is 17.6 Å². The lowest BCUT2D eigenvalue weighted by Crippen LogP contribution is -2.24. The smallest absolute Gasteiger partial charge is 0.286 e. The van der Waals surface area contributed by atoms with E-state index >= 15 is 0 Å². The van der Waals surface area contributed by atoms with Crippen molar-refractivity contribution in [1.29, 1.82) is 0 Å². The molecular formula is C18H20F2N4O2. The summed E-state index contributed by atoms with van der Waals surface area (Å²) in [5, 5.41) is 5.23. The number of carbonyl (C=O) groups excluding carboxylic acids is 2. The van der Waals surface area contributed by atoms with Crippen LogP contribution in [0.15, 0.2) is 30.3 Å². The number of alkyl halides is 2. The fraction of sp³-hybridized carbons (Fsp3) is 0.333. The van der Waals surface area contributed by atoms with Gasteiger partial charge < -0.3 is 10.6 Å². The third-order valence-electron chi connectivity index (χ3n) is 3.49. The lowest BCUT2D eigenvalue weighted by molar-refractivity contribution is -0.115. The van der Waals surface area contributed by atoms with Gasteiger partial charge in [0.2, 0.25) is 5.91 Å². The fourth-order valence-electron chi connectivity index (χ4n) is 2.19. The van der Waals surface area contributed by atoms with Gasteiger partial charge >= 0.3 is 0 Å². The maximum atomic E-state index is 13.3.